The number of hydrogen-bond acceptors (Lipinski definition) is 15. The van der Waals surface area contributed by atoms with E-state index in [9.17, 15) is 45.3 Å². The first kappa shape index (κ1) is 68.1. The van der Waals surface area contributed by atoms with Crippen molar-refractivity contribution in [3.05, 3.63) is 24.3 Å². The normalized spacial score (nSPS) is 24.8. The molecule has 2 aliphatic rings. The van der Waals surface area contributed by atoms with Gasteiger partial charge in [-0.3, -0.25) is 9.59 Å². The monoisotopic (exact) mass is 1060 g/mol. The molecule has 0 aromatic carbocycles. The lowest BCUT2D eigenvalue weighted by Gasteiger charge is -2.42. The van der Waals surface area contributed by atoms with Crippen LogP contribution in [0.2, 0.25) is 0 Å². The molecule has 0 spiro atoms. The van der Waals surface area contributed by atoms with Crippen molar-refractivity contribution in [2.24, 2.45) is 0 Å². The number of allylic oxidation sites excluding steroid dienone is 4. The molecule has 7 N–H and O–H groups in total. The first-order valence-electron chi connectivity index (χ1n) is 29.9. The first-order valence-corrected chi connectivity index (χ1v) is 29.9. The number of ether oxygens (including phenoxy) is 6. The van der Waals surface area contributed by atoms with Gasteiger partial charge in [-0.2, -0.15) is 0 Å². The van der Waals surface area contributed by atoms with E-state index in [0.29, 0.717) is 12.8 Å². The van der Waals surface area contributed by atoms with Crippen LogP contribution in [0.15, 0.2) is 24.3 Å². The molecule has 2 aliphatic heterocycles. The van der Waals surface area contributed by atoms with Crippen molar-refractivity contribution < 1.29 is 73.8 Å². The Morgan fingerprint density at radius 3 is 1.28 bits per heavy atom. The van der Waals surface area contributed by atoms with Crippen molar-refractivity contribution in [1.29, 1.82) is 0 Å². The van der Waals surface area contributed by atoms with E-state index in [1.54, 1.807) is 0 Å². The Morgan fingerprint density at radius 1 is 0.432 bits per heavy atom. The van der Waals surface area contributed by atoms with Crippen LogP contribution in [0.4, 0.5) is 0 Å². The summed E-state index contributed by atoms with van der Waals surface area (Å²) in [5.41, 5.74) is 0. The van der Waals surface area contributed by atoms with E-state index >= 15 is 0 Å². The van der Waals surface area contributed by atoms with Gasteiger partial charge in [0.25, 0.3) is 0 Å². The third-order valence-electron chi connectivity index (χ3n) is 14.4. The van der Waals surface area contributed by atoms with Crippen LogP contribution in [0, 0.1) is 0 Å². The summed E-state index contributed by atoms with van der Waals surface area (Å²) in [7, 11) is 0. The highest BCUT2D eigenvalue weighted by molar-refractivity contribution is 5.70. The van der Waals surface area contributed by atoms with Crippen LogP contribution >= 0.6 is 0 Å². The highest BCUT2D eigenvalue weighted by Crippen LogP contribution is 2.27. The topological polar surface area (TPSA) is 231 Å². The van der Waals surface area contributed by atoms with Gasteiger partial charge < -0.3 is 64.2 Å². The minimum Gasteiger partial charge on any atom is -0.462 e. The second-order valence-corrected chi connectivity index (χ2v) is 21.2. The Morgan fingerprint density at radius 2 is 0.811 bits per heavy atom. The number of hydrogen-bond donors (Lipinski definition) is 7. The molecular weight excluding hydrogens is 949 g/mol. The molecule has 434 valence electrons. The van der Waals surface area contributed by atoms with Gasteiger partial charge in [0.05, 0.1) is 19.8 Å². The molecule has 0 amide bonds. The Balaban J connectivity index is 1.72. The van der Waals surface area contributed by atoms with Crippen LogP contribution in [0.1, 0.15) is 245 Å². The zero-order valence-electron chi connectivity index (χ0n) is 46.3. The van der Waals surface area contributed by atoms with Gasteiger partial charge in [0.2, 0.25) is 0 Å². The summed E-state index contributed by atoms with van der Waals surface area (Å²) in [5, 5.41) is 72.3. The number of carbonyl (C=O) groups excluding carboxylic acids is 2. The highest BCUT2D eigenvalue weighted by atomic mass is 16.7. The van der Waals surface area contributed by atoms with Gasteiger partial charge in [-0.15, -0.1) is 0 Å². The minimum atomic E-state index is -1.77. The summed E-state index contributed by atoms with van der Waals surface area (Å²) in [6, 6.07) is 0. The Kier molecular flexibility index (Phi) is 42.3. The van der Waals surface area contributed by atoms with E-state index in [-0.39, 0.29) is 26.1 Å². The molecule has 74 heavy (non-hydrogen) atoms. The average Bonchev–Trinajstić information content (AvgIpc) is 3.39. The minimum absolute atomic E-state index is 0.152. The van der Waals surface area contributed by atoms with Gasteiger partial charge in [0, 0.05) is 12.8 Å². The van der Waals surface area contributed by atoms with Gasteiger partial charge in [-0.25, -0.2) is 0 Å². The lowest BCUT2D eigenvalue weighted by atomic mass is 9.98. The van der Waals surface area contributed by atoms with E-state index in [2.05, 4.69) is 38.2 Å². The van der Waals surface area contributed by atoms with E-state index < -0.39 is 92.7 Å². The van der Waals surface area contributed by atoms with Crippen molar-refractivity contribution in [2.45, 2.75) is 313 Å². The molecule has 2 fully saturated rings. The fraction of sp³-hybridized carbons (Fsp3) is 0.898. The summed E-state index contributed by atoms with van der Waals surface area (Å²) < 4.78 is 33.7. The SMILES string of the molecule is CCCCC/C=C/C/C=C/CCCCCCCC(=O)O[C@@H](COC(=O)CCCCCCCCCCCCCCCCCCCCCCCCC)CO[C@@H]1O[C@H](CO[C@@H]2O[C@H](CO)[C@H](O)C(O)C2O)[C@H](O)C(O)C1O. The predicted molar refractivity (Wildman–Crippen MR) is 289 cm³/mol. The Hall–Kier alpha value is -2.02. The molecule has 0 saturated carbocycles. The predicted octanol–water partition coefficient (Wildman–Crippen LogP) is 10.3. The van der Waals surface area contributed by atoms with Gasteiger partial charge in [-0.05, 0) is 44.9 Å². The van der Waals surface area contributed by atoms with Crippen LogP contribution in [-0.4, -0.2) is 142 Å². The number of aliphatic hydroxyl groups excluding tert-OH is 7. The van der Waals surface area contributed by atoms with Gasteiger partial charge >= 0.3 is 11.9 Å². The van der Waals surface area contributed by atoms with Crippen molar-refractivity contribution in [1.82, 2.24) is 0 Å². The molecule has 11 atom stereocenters. The van der Waals surface area contributed by atoms with Gasteiger partial charge in [0.15, 0.2) is 18.7 Å². The lowest BCUT2D eigenvalue weighted by molar-refractivity contribution is -0.332. The standard InChI is InChI=1S/C59H108O15/c1-3-5-7-9-11-13-15-17-19-20-21-22-23-24-25-26-28-29-31-33-35-37-39-41-50(61)69-44-47(72-51(62)42-40-38-36-34-32-30-27-18-16-14-12-10-8-6-4-2)45-70-58-57(68)55(66)53(64)49(74-58)46-71-59-56(67)54(65)52(63)48(43-60)73-59/h12,14,18,27,47-49,52-60,63-68H,3-11,13,15-17,19-26,28-46H2,1-2H3/b14-12+,27-18+/t47-,48+,49+,52-,53-,54?,55?,56?,57?,58+,59+/m0/s1. The third-order valence-corrected chi connectivity index (χ3v) is 14.4. The van der Waals surface area contributed by atoms with Crippen LogP contribution in [-0.2, 0) is 38.0 Å². The second kappa shape index (κ2) is 45.9. The van der Waals surface area contributed by atoms with Gasteiger partial charge in [0.1, 0.15) is 55.4 Å². The van der Waals surface area contributed by atoms with Crippen LogP contribution in [0.3, 0.4) is 0 Å². The maximum atomic E-state index is 13.0. The Bertz CT molecular complexity index is 1380. The van der Waals surface area contributed by atoms with Crippen LogP contribution in [0.5, 0.6) is 0 Å². The summed E-state index contributed by atoms with van der Waals surface area (Å²) in [6.45, 7) is 2.60. The lowest BCUT2D eigenvalue weighted by Crippen LogP contribution is -2.61. The quantitative estimate of drug-likeness (QED) is 0.0171. The smallest absolute Gasteiger partial charge is 0.306 e. The fourth-order valence-electron chi connectivity index (χ4n) is 9.54. The highest BCUT2D eigenvalue weighted by Gasteiger charge is 2.47. The Labute approximate surface area is 447 Å². The van der Waals surface area contributed by atoms with Gasteiger partial charge in [-0.1, -0.05) is 212 Å². The number of rotatable bonds is 48. The van der Waals surface area contributed by atoms with Crippen molar-refractivity contribution >= 4 is 11.9 Å². The molecule has 0 aliphatic carbocycles. The fourth-order valence-corrected chi connectivity index (χ4v) is 9.54. The number of carbonyl (C=O) groups is 2. The summed E-state index contributed by atoms with van der Waals surface area (Å²) in [6.07, 6.45) is 33.5. The molecular formula is C59H108O15. The largest absolute Gasteiger partial charge is 0.462 e. The van der Waals surface area contributed by atoms with Crippen LogP contribution < -0.4 is 0 Å². The zero-order valence-corrected chi connectivity index (χ0v) is 46.3. The zero-order chi connectivity index (χ0) is 53.9. The molecule has 15 nitrogen and oxygen atoms in total. The molecule has 0 radical (unpaired) electrons. The summed E-state index contributed by atoms with van der Waals surface area (Å²) in [4.78, 5) is 25.9. The summed E-state index contributed by atoms with van der Waals surface area (Å²) in [5.74, 6) is -0.928. The maximum absolute atomic E-state index is 13.0. The molecule has 2 heterocycles. The van der Waals surface area contributed by atoms with Crippen LogP contribution in [0.25, 0.3) is 0 Å². The second-order valence-electron chi connectivity index (χ2n) is 21.2. The maximum Gasteiger partial charge on any atom is 0.306 e. The third kappa shape index (κ3) is 32.7. The first-order chi connectivity index (χ1) is 36.0. The molecule has 2 rings (SSSR count). The number of aliphatic hydroxyl groups is 7. The van der Waals surface area contributed by atoms with E-state index in [4.69, 9.17) is 28.4 Å². The molecule has 0 bridgehead atoms. The average molecular weight is 1060 g/mol. The molecule has 0 aromatic rings. The van der Waals surface area contributed by atoms with E-state index in [0.717, 1.165) is 64.2 Å². The molecule has 0 aromatic heterocycles. The molecule has 4 unspecified atom stereocenters. The van der Waals surface area contributed by atoms with Crippen molar-refractivity contribution in [3.63, 3.8) is 0 Å². The van der Waals surface area contributed by atoms with Crippen molar-refractivity contribution in [3.8, 4) is 0 Å². The number of unbranched alkanes of at least 4 members (excludes halogenated alkanes) is 30. The number of esters is 2. The van der Waals surface area contributed by atoms with Crippen molar-refractivity contribution in [2.75, 3.05) is 26.4 Å². The molecule has 2 saturated heterocycles. The summed E-state index contributed by atoms with van der Waals surface area (Å²) >= 11 is 0. The molecule has 15 heteroatoms. The van der Waals surface area contributed by atoms with E-state index in [1.807, 2.05) is 0 Å². The van der Waals surface area contributed by atoms with E-state index in [1.165, 1.54) is 141 Å².